The number of halogens is 1. The van der Waals surface area contributed by atoms with Gasteiger partial charge in [0.15, 0.2) is 0 Å². The lowest BCUT2D eigenvalue weighted by molar-refractivity contribution is 0.103. The molecule has 1 aliphatic heterocycles. The van der Waals surface area contributed by atoms with Gasteiger partial charge in [0.25, 0.3) is 0 Å². The summed E-state index contributed by atoms with van der Waals surface area (Å²) in [7, 11) is 0. The molecule has 0 unspecified atom stereocenters. The van der Waals surface area contributed by atoms with Crippen molar-refractivity contribution >= 4 is 17.4 Å². The van der Waals surface area contributed by atoms with Crippen LogP contribution in [-0.4, -0.2) is 12.4 Å². The van der Waals surface area contributed by atoms with E-state index in [9.17, 15) is 4.79 Å². The number of ketones is 1. The van der Waals surface area contributed by atoms with Crippen molar-refractivity contribution in [3.63, 3.8) is 0 Å². The van der Waals surface area contributed by atoms with Crippen LogP contribution in [0.5, 0.6) is 5.75 Å². The maximum Gasteiger partial charge on any atom is 0.204 e. The average molecular weight is 263 g/mol. The number of ether oxygens (including phenoxy) is 1. The van der Waals surface area contributed by atoms with Gasteiger partial charge in [-0.2, -0.15) is 0 Å². The van der Waals surface area contributed by atoms with Crippen LogP contribution in [0.4, 0.5) is 0 Å². The molecule has 2 heterocycles. The Bertz CT molecular complexity index is 601. The van der Waals surface area contributed by atoms with Crippen molar-refractivity contribution in [1.82, 2.24) is 0 Å². The van der Waals surface area contributed by atoms with Gasteiger partial charge in [0.2, 0.25) is 11.0 Å². The average Bonchev–Trinajstić information content (AvgIpc) is 2.83. The van der Waals surface area contributed by atoms with Crippen LogP contribution in [0.1, 0.15) is 27.9 Å². The summed E-state index contributed by atoms with van der Waals surface area (Å²) < 4.78 is 10.6. The molecule has 0 N–H and O–H groups in total. The summed E-state index contributed by atoms with van der Waals surface area (Å²) in [6.07, 6.45) is 3.33. The Labute approximate surface area is 109 Å². The molecule has 3 rings (SSSR count). The van der Waals surface area contributed by atoms with Crippen molar-refractivity contribution in [3.05, 3.63) is 52.4 Å². The van der Waals surface area contributed by atoms with E-state index in [1.807, 2.05) is 12.1 Å². The summed E-state index contributed by atoms with van der Waals surface area (Å²) in [5, 5.41) is 0.119. The molecule has 0 radical (unpaired) electrons. The summed E-state index contributed by atoms with van der Waals surface area (Å²) in [4.78, 5) is 12.4. The molecule has 4 heteroatoms. The predicted octanol–water partition coefficient (Wildman–Crippen LogP) is 3.49. The lowest BCUT2D eigenvalue weighted by Gasteiger charge is -2.19. The summed E-state index contributed by atoms with van der Waals surface area (Å²) in [6, 6.07) is 7.19. The second-order valence-electron chi connectivity index (χ2n) is 4.18. The quantitative estimate of drug-likeness (QED) is 0.778. The summed E-state index contributed by atoms with van der Waals surface area (Å²) in [5.74, 6) is 0.526. The molecule has 1 aliphatic rings. The third-order valence-electron chi connectivity index (χ3n) is 3.04. The molecule has 0 fully saturated rings. The first-order chi connectivity index (χ1) is 8.77. The molecule has 0 aliphatic carbocycles. The fourth-order valence-electron chi connectivity index (χ4n) is 2.17. The van der Waals surface area contributed by atoms with Crippen molar-refractivity contribution in [2.75, 3.05) is 6.61 Å². The third kappa shape index (κ3) is 1.81. The van der Waals surface area contributed by atoms with E-state index in [4.69, 9.17) is 20.8 Å². The fraction of sp³-hybridized carbons (Fsp3) is 0.214. The lowest BCUT2D eigenvalue weighted by Crippen LogP contribution is -2.13. The van der Waals surface area contributed by atoms with Crippen LogP contribution >= 0.6 is 11.6 Å². The zero-order chi connectivity index (χ0) is 12.5. The van der Waals surface area contributed by atoms with Gasteiger partial charge in [-0.05, 0) is 42.1 Å². The number of para-hydroxylation sites is 1. The monoisotopic (exact) mass is 262 g/mol. The van der Waals surface area contributed by atoms with Crippen molar-refractivity contribution in [3.8, 4) is 5.75 Å². The largest absolute Gasteiger partial charge is 0.493 e. The number of hydrogen-bond donors (Lipinski definition) is 0. The maximum atomic E-state index is 12.4. The number of carbonyl (C=O) groups excluding carboxylic acids is 1. The molecule has 18 heavy (non-hydrogen) atoms. The van der Waals surface area contributed by atoms with Gasteiger partial charge >= 0.3 is 0 Å². The highest BCUT2D eigenvalue weighted by molar-refractivity contribution is 6.33. The van der Waals surface area contributed by atoms with Crippen LogP contribution in [0.15, 0.2) is 34.9 Å². The number of carbonyl (C=O) groups is 1. The molecule has 0 saturated heterocycles. The van der Waals surface area contributed by atoms with Gasteiger partial charge < -0.3 is 9.15 Å². The standard InChI is InChI=1S/C14H11ClO3/c15-14-11(6-8-18-14)12(16)10-5-1-3-9-4-2-7-17-13(9)10/h1,3,5-6,8H,2,4,7H2. The van der Waals surface area contributed by atoms with E-state index in [0.29, 0.717) is 23.5 Å². The second-order valence-corrected chi connectivity index (χ2v) is 4.53. The van der Waals surface area contributed by atoms with Gasteiger partial charge in [-0.15, -0.1) is 0 Å². The first kappa shape index (κ1) is 11.4. The van der Waals surface area contributed by atoms with Gasteiger partial charge in [0.1, 0.15) is 5.75 Å². The van der Waals surface area contributed by atoms with Crippen LogP contribution in [0.3, 0.4) is 0 Å². The first-order valence-electron chi connectivity index (χ1n) is 5.80. The van der Waals surface area contributed by atoms with E-state index < -0.39 is 0 Å². The predicted molar refractivity (Wildman–Crippen MR) is 67.4 cm³/mol. The normalized spacial score (nSPS) is 13.8. The zero-order valence-electron chi connectivity index (χ0n) is 9.61. The molecule has 1 aromatic heterocycles. The van der Waals surface area contributed by atoms with Crippen molar-refractivity contribution in [1.29, 1.82) is 0 Å². The molecular weight excluding hydrogens is 252 g/mol. The Morgan fingerprint density at radius 2 is 2.11 bits per heavy atom. The van der Waals surface area contributed by atoms with Gasteiger partial charge in [-0.1, -0.05) is 12.1 Å². The summed E-state index contributed by atoms with van der Waals surface area (Å²) in [5.41, 5.74) is 2.00. The molecule has 2 aromatic rings. The Morgan fingerprint density at radius 1 is 1.22 bits per heavy atom. The number of furan rings is 1. The van der Waals surface area contributed by atoms with Crippen molar-refractivity contribution in [2.45, 2.75) is 12.8 Å². The highest BCUT2D eigenvalue weighted by Gasteiger charge is 2.22. The van der Waals surface area contributed by atoms with Gasteiger partial charge in [-0.3, -0.25) is 4.79 Å². The summed E-state index contributed by atoms with van der Waals surface area (Å²) in [6.45, 7) is 0.649. The molecule has 0 spiro atoms. The van der Waals surface area contributed by atoms with E-state index in [-0.39, 0.29) is 11.0 Å². The van der Waals surface area contributed by atoms with Gasteiger partial charge in [-0.25, -0.2) is 0 Å². The first-order valence-corrected chi connectivity index (χ1v) is 6.17. The van der Waals surface area contributed by atoms with Crippen LogP contribution in [0, 0.1) is 0 Å². The number of hydrogen-bond acceptors (Lipinski definition) is 3. The Hall–Kier alpha value is -1.74. The van der Waals surface area contributed by atoms with E-state index in [1.54, 1.807) is 12.1 Å². The topological polar surface area (TPSA) is 39.4 Å². The Morgan fingerprint density at radius 3 is 2.89 bits per heavy atom. The van der Waals surface area contributed by atoms with E-state index >= 15 is 0 Å². The Balaban J connectivity index is 2.07. The number of benzene rings is 1. The Kier molecular flexibility index (Phi) is 2.84. The SMILES string of the molecule is O=C(c1ccoc1Cl)c1cccc2c1OCCC2. The van der Waals surface area contributed by atoms with E-state index in [1.165, 1.54) is 6.26 Å². The van der Waals surface area contributed by atoms with Crippen molar-refractivity contribution < 1.29 is 13.9 Å². The van der Waals surface area contributed by atoms with Crippen molar-refractivity contribution in [2.24, 2.45) is 0 Å². The van der Waals surface area contributed by atoms with Crippen LogP contribution in [0.2, 0.25) is 5.22 Å². The zero-order valence-corrected chi connectivity index (χ0v) is 10.4. The minimum Gasteiger partial charge on any atom is -0.493 e. The van der Waals surface area contributed by atoms with E-state index in [0.717, 1.165) is 18.4 Å². The number of fused-ring (bicyclic) bond motifs is 1. The molecular formula is C14H11ClO3. The highest BCUT2D eigenvalue weighted by atomic mass is 35.5. The molecule has 0 atom stereocenters. The third-order valence-corrected chi connectivity index (χ3v) is 3.33. The molecule has 92 valence electrons. The lowest BCUT2D eigenvalue weighted by atomic mass is 9.98. The van der Waals surface area contributed by atoms with Crippen LogP contribution < -0.4 is 4.74 Å². The highest BCUT2D eigenvalue weighted by Crippen LogP contribution is 2.32. The smallest absolute Gasteiger partial charge is 0.204 e. The summed E-state index contributed by atoms with van der Waals surface area (Å²) >= 11 is 5.84. The minimum absolute atomic E-state index is 0.119. The van der Waals surface area contributed by atoms with E-state index in [2.05, 4.69) is 0 Å². The van der Waals surface area contributed by atoms with Crippen LogP contribution in [0.25, 0.3) is 0 Å². The molecule has 0 amide bonds. The molecule has 3 nitrogen and oxygen atoms in total. The second kappa shape index (κ2) is 4.50. The number of aryl methyl sites for hydroxylation is 1. The fourth-order valence-corrected chi connectivity index (χ4v) is 2.37. The molecule has 0 bridgehead atoms. The number of rotatable bonds is 2. The molecule has 0 saturated carbocycles. The maximum absolute atomic E-state index is 12.4. The molecule has 1 aromatic carbocycles. The van der Waals surface area contributed by atoms with Gasteiger partial charge in [0, 0.05) is 0 Å². The minimum atomic E-state index is -0.160. The van der Waals surface area contributed by atoms with Crippen LogP contribution in [-0.2, 0) is 6.42 Å². The van der Waals surface area contributed by atoms with Gasteiger partial charge in [0.05, 0.1) is 24.0 Å².